The Hall–Kier alpha value is -1.15. The quantitative estimate of drug-likeness (QED) is 0.138. The van der Waals surface area contributed by atoms with Crippen LogP contribution in [0.2, 0.25) is 0 Å². The molecule has 33 heavy (non-hydrogen) atoms. The van der Waals surface area contributed by atoms with Crippen molar-refractivity contribution in [2.75, 3.05) is 18.6 Å². The third kappa shape index (κ3) is 10.8. The van der Waals surface area contributed by atoms with Crippen molar-refractivity contribution in [1.29, 1.82) is 0 Å². The maximum absolute atomic E-state index is 5.67. The summed E-state index contributed by atoms with van der Waals surface area (Å²) < 4.78 is 5.67. The molecule has 0 atom stereocenters. The fraction of sp³-hybridized carbons (Fsp3) is 0.677. The van der Waals surface area contributed by atoms with Crippen molar-refractivity contribution in [1.82, 2.24) is 0 Å². The lowest BCUT2D eigenvalue weighted by Crippen LogP contribution is -2.14. The van der Waals surface area contributed by atoms with Gasteiger partial charge in [0.1, 0.15) is 17.3 Å². The number of hydrogen-bond donors (Lipinski definition) is 0. The van der Waals surface area contributed by atoms with Crippen LogP contribution in [0.15, 0.2) is 41.3 Å². The molecule has 2 aromatic carbocycles. The molecule has 0 aliphatic heterocycles. The van der Waals surface area contributed by atoms with Crippen LogP contribution < -0.4 is 4.74 Å². The molecule has 0 spiro atoms. The maximum Gasteiger partial charge on any atom is 0.162 e. The SMILES string of the molecule is CCCCCCCCCC[S+](CCCCCCCCCC)c1ccc(OC)c2ccccc12. The Balaban J connectivity index is 1.91. The second-order valence-corrected chi connectivity index (χ2v) is 11.9. The molecule has 2 aromatic rings. The minimum absolute atomic E-state index is 0.351. The fourth-order valence-electron chi connectivity index (χ4n) is 4.82. The summed E-state index contributed by atoms with van der Waals surface area (Å²) in [5, 5.41) is 2.70. The molecule has 2 rings (SSSR count). The van der Waals surface area contributed by atoms with Crippen LogP contribution in [-0.2, 0) is 10.9 Å². The molecular formula is C31H51OS+. The predicted molar refractivity (Wildman–Crippen MR) is 151 cm³/mol. The Kier molecular flexibility index (Phi) is 15.5. The van der Waals surface area contributed by atoms with Crippen LogP contribution in [-0.4, -0.2) is 18.6 Å². The number of hydrogen-bond acceptors (Lipinski definition) is 1. The molecule has 0 radical (unpaired) electrons. The Morgan fingerprint density at radius 3 is 1.48 bits per heavy atom. The molecule has 0 aromatic heterocycles. The molecule has 0 saturated carbocycles. The zero-order chi connectivity index (χ0) is 23.6. The third-order valence-electron chi connectivity index (χ3n) is 6.86. The maximum atomic E-state index is 5.67. The highest BCUT2D eigenvalue weighted by molar-refractivity contribution is 7.97. The highest BCUT2D eigenvalue weighted by Gasteiger charge is 2.24. The van der Waals surface area contributed by atoms with Gasteiger partial charge >= 0.3 is 0 Å². The van der Waals surface area contributed by atoms with Crippen molar-refractivity contribution in [2.24, 2.45) is 0 Å². The topological polar surface area (TPSA) is 9.23 Å². The van der Waals surface area contributed by atoms with E-state index in [0.29, 0.717) is 10.9 Å². The molecule has 186 valence electrons. The second-order valence-electron chi connectivity index (χ2n) is 9.66. The van der Waals surface area contributed by atoms with Crippen molar-refractivity contribution in [3.8, 4) is 5.75 Å². The lowest BCUT2D eigenvalue weighted by molar-refractivity contribution is 0.419. The number of fused-ring (bicyclic) bond motifs is 1. The summed E-state index contributed by atoms with van der Waals surface area (Å²) in [7, 11) is 2.15. The van der Waals surface area contributed by atoms with Gasteiger partial charge in [0.2, 0.25) is 0 Å². The minimum Gasteiger partial charge on any atom is -0.496 e. The molecule has 0 bridgehead atoms. The first-order chi connectivity index (χ1) is 16.3. The Morgan fingerprint density at radius 1 is 0.545 bits per heavy atom. The molecule has 1 nitrogen and oxygen atoms in total. The highest BCUT2D eigenvalue weighted by Crippen LogP contribution is 2.33. The summed E-state index contributed by atoms with van der Waals surface area (Å²) >= 11 is 0. The average molecular weight is 472 g/mol. The molecule has 0 unspecified atom stereocenters. The van der Waals surface area contributed by atoms with Crippen LogP contribution >= 0.6 is 0 Å². The van der Waals surface area contributed by atoms with Crippen LogP contribution in [0.4, 0.5) is 0 Å². The zero-order valence-corrected chi connectivity index (χ0v) is 22.8. The van der Waals surface area contributed by atoms with Gasteiger partial charge in [-0.2, -0.15) is 0 Å². The van der Waals surface area contributed by atoms with Crippen LogP contribution in [0.25, 0.3) is 10.8 Å². The van der Waals surface area contributed by atoms with E-state index in [1.165, 1.54) is 125 Å². The van der Waals surface area contributed by atoms with E-state index >= 15 is 0 Å². The van der Waals surface area contributed by atoms with Crippen molar-refractivity contribution in [2.45, 2.75) is 121 Å². The van der Waals surface area contributed by atoms with Gasteiger partial charge in [-0.05, 0) is 43.9 Å². The van der Waals surface area contributed by atoms with Crippen molar-refractivity contribution in [3.05, 3.63) is 36.4 Å². The first-order valence-corrected chi connectivity index (χ1v) is 15.6. The summed E-state index contributed by atoms with van der Waals surface area (Å²) in [6.07, 6.45) is 22.5. The van der Waals surface area contributed by atoms with E-state index in [1.807, 2.05) is 0 Å². The van der Waals surface area contributed by atoms with E-state index in [1.54, 1.807) is 12.0 Å². The number of unbranched alkanes of at least 4 members (excludes halogenated alkanes) is 14. The number of benzene rings is 2. The number of methoxy groups -OCH3 is 1. The Morgan fingerprint density at radius 2 is 1.00 bits per heavy atom. The zero-order valence-electron chi connectivity index (χ0n) is 22.0. The monoisotopic (exact) mass is 471 g/mol. The van der Waals surface area contributed by atoms with Crippen molar-refractivity contribution >= 4 is 21.7 Å². The van der Waals surface area contributed by atoms with Crippen LogP contribution in [0.1, 0.15) is 117 Å². The lowest BCUT2D eigenvalue weighted by atomic mass is 10.1. The summed E-state index contributed by atoms with van der Waals surface area (Å²) in [5.41, 5.74) is 0. The van der Waals surface area contributed by atoms with E-state index in [2.05, 4.69) is 50.2 Å². The molecule has 0 aliphatic carbocycles. The normalized spacial score (nSPS) is 11.5. The molecule has 0 fully saturated rings. The summed E-state index contributed by atoms with van der Waals surface area (Å²) in [5.74, 6) is 3.74. The van der Waals surface area contributed by atoms with Gasteiger partial charge in [0, 0.05) is 21.7 Å². The summed E-state index contributed by atoms with van der Waals surface area (Å²) in [6.45, 7) is 4.60. The van der Waals surface area contributed by atoms with E-state index in [4.69, 9.17) is 4.74 Å². The van der Waals surface area contributed by atoms with Gasteiger partial charge in [-0.25, -0.2) is 0 Å². The largest absolute Gasteiger partial charge is 0.496 e. The number of ether oxygens (including phenoxy) is 1. The Bertz CT molecular complexity index is 721. The molecular weight excluding hydrogens is 420 g/mol. The van der Waals surface area contributed by atoms with Gasteiger partial charge in [0.15, 0.2) is 4.90 Å². The molecule has 0 heterocycles. The van der Waals surface area contributed by atoms with Gasteiger partial charge in [0.25, 0.3) is 0 Å². The van der Waals surface area contributed by atoms with Crippen LogP contribution in [0.3, 0.4) is 0 Å². The van der Waals surface area contributed by atoms with Gasteiger partial charge < -0.3 is 4.74 Å². The Labute approximate surface area is 208 Å². The highest BCUT2D eigenvalue weighted by atomic mass is 32.2. The summed E-state index contributed by atoms with van der Waals surface area (Å²) in [6, 6.07) is 13.5. The molecule has 0 amide bonds. The molecule has 0 saturated heterocycles. The smallest absolute Gasteiger partial charge is 0.162 e. The first-order valence-electron chi connectivity index (χ1n) is 14.0. The molecule has 0 N–H and O–H groups in total. The average Bonchev–Trinajstić information content (AvgIpc) is 2.85. The van der Waals surface area contributed by atoms with Crippen molar-refractivity contribution < 1.29 is 4.74 Å². The van der Waals surface area contributed by atoms with Crippen LogP contribution in [0.5, 0.6) is 5.75 Å². The molecule has 0 aliphatic rings. The van der Waals surface area contributed by atoms with Gasteiger partial charge in [0.05, 0.1) is 7.11 Å². The predicted octanol–water partition coefficient (Wildman–Crippen LogP) is 10.1. The number of rotatable bonds is 20. The fourth-order valence-corrected chi connectivity index (χ4v) is 7.31. The van der Waals surface area contributed by atoms with E-state index < -0.39 is 0 Å². The third-order valence-corrected chi connectivity index (χ3v) is 9.40. The van der Waals surface area contributed by atoms with E-state index in [9.17, 15) is 0 Å². The molecule has 2 heteroatoms. The van der Waals surface area contributed by atoms with E-state index in [-0.39, 0.29) is 0 Å². The van der Waals surface area contributed by atoms with E-state index in [0.717, 1.165) is 5.75 Å². The second kappa shape index (κ2) is 18.2. The standard InChI is InChI=1S/C31H51OS/c1-4-6-8-10-12-14-16-20-26-33(27-21-17-15-13-11-9-7-5-2)31-25-24-30(32-3)28-22-18-19-23-29(28)31/h18-19,22-25H,4-17,20-21,26-27H2,1-3H3/q+1. The van der Waals surface area contributed by atoms with Crippen LogP contribution in [0, 0.1) is 0 Å². The lowest BCUT2D eigenvalue weighted by Gasteiger charge is -2.13. The van der Waals surface area contributed by atoms with Crippen molar-refractivity contribution in [3.63, 3.8) is 0 Å². The van der Waals surface area contributed by atoms with Gasteiger partial charge in [-0.3, -0.25) is 0 Å². The summed E-state index contributed by atoms with van der Waals surface area (Å²) in [4.78, 5) is 1.58. The van der Waals surface area contributed by atoms with Gasteiger partial charge in [-0.1, -0.05) is 109 Å². The first kappa shape index (κ1) is 28.1. The van der Waals surface area contributed by atoms with Gasteiger partial charge in [-0.15, -0.1) is 0 Å². The minimum atomic E-state index is 0.351.